The standard InChI is InChI=1S/C6H10F3N.ClH/c7-5(6(8)9)1-4-2-10-3-4;/h4-6,10H,1-3H2;1H. The van der Waals surface area contributed by atoms with E-state index < -0.39 is 12.6 Å². The van der Waals surface area contributed by atoms with Crippen LogP contribution in [0.15, 0.2) is 0 Å². The first-order valence-corrected chi connectivity index (χ1v) is 3.33. The van der Waals surface area contributed by atoms with Crippen molar-refractivity contribution in [2.24, 2.45) is 5.92 Å². The van der Waals surface area contributed by atoms with Crippen LogP contribution in [0.3, 0.4) is 0 Å². The van der Waals surface area contributed by atoms with Crippen LogP contribution in [0.2, 0.25) is 0 Å². The number of rotatable bonds is 3. The Morgan fingerprint density at radius 1 is 1.27 bits per heavy atom. The lowest BCUT2D eigenvalue weighted by Crippen LogP contribution is -2.43. The van der Waals surface area contributed by atoms with Crippen molar-refractivity contribution in [1.82, 2.24) is 5.32 Å². The molecule has 0 bridgehead atoms. The van der Waals surface area contributed by atoms with Crippen LogP contribution in [-0.2, 0) is 0 Å². The van der Waals surface area contributed by atoms with Crippen molar-refractivity contribution in [3.05, 3.63) is 0 Å². The Morgan fingerprint density at radius 3 is 2.09 bits per heavy atom. The van der Waals surface area contributed by atoms with Gasteiger partial charge < -0.3 is 5.32 Å². The van der Waals surface area contributed by atoms with E-state index in [-0.39, 0.29) is 24.7 Å². The van der Waals surface area contributed by atoms with Gasteiger partial charge in [0.05, 0.1) is 0 Å². The zero-order valence-corrected chi connectivity index (χ0v) is 6.71. The molecule has 1 heterocycles. The number of hydrogen-bond acceptors (Lipinski definition) is 1. The Bertz CT molecular complexity index is 108. The topological polar surface area (TPSA) is 12.0 Å². The van der Waals surface area contributed by atoms with Gasteiger partial charge in [0, 0.05) is 0 Å². The molecule has 1 aliphatic heterocycles. The number of nitrogens with one attached hydrogen (secondary N) is 1. The van der Waals surface area contributed by atoms with Crippen LogP contribution in [0.4, 0.5) is 13.2 Å². The van der Waals surface area contributed by atoms with Crippen LogP contribution in [0.25, 0.3) is 0 Å². The van der Waals surface area contributed by atoms with E-state index in [1.807, 2.05) is 0 Å². The second-order valence-corrected chi connectivity index (χ2v) is 2.61. The van der Waals surface area contributed by atoms with E-state index in [2.05, 4.69) is 5.32 Å². The molecule has 0 aliphatic carbocycles. The summed E-state index contributed by atoms with van der Waals surface area (Å²) in [7, 11) is 0. The van der Waals surface area contributed by atoms with Crippen LogP contribution in [0, 0.1) is 5.92 Å². The highest BCUT2D eigenvalue weighted by Gasteiger charge is 2.26. The van der Waals surface area contributed by atoms with Gasteiger partial charge >= 0.3 is 0 Å². The molecule has 68 valence electrons. The predicted octanol–water partition coefficient (Wildman–Crippen LogP) is 1.62. The first-order chi connectivity index (χ1) is 4.70. The molecule has 0 spiro atoms. The number of hydrogen-bond donors (Lipinski definition) is 1. The zero-order valence-electron chi connectivity index (χ0n) is 5.90. The molecule has 0 radical (unpaired) electrons. The van der Waals surface area contributed by atoms with Crippen molar-refractivity contribution in [1.29, 1.82) is 0 Å². The quantitative estimate of drug-likeness (QED) is 0.712. The van der Waals surface area contributed by atoms with Crippen LogP contribution in [-0.4, -0.2) is 25.7 Å². The number of halogens is 4. The van der Waals surface area contributed by atoms with Gasteiger partial charge in [0.1, 0.15) is 0 Å². The SMILES string of the molecule is Cl.FC(F)C(F)CC1CNC1. The molecule has 11 heavy (non-hydrogen) atoms. The van der Waals surface area contributed by atoms with Gasteiger partial charge in [0.15, 0.2) is 6.17 Å². The fourth-order valence-electron chi connectivity index (χ4n) is 0.936. The summed E-state index contributed by atoms with van der Waals surface area (Å²) >= 11 is 0. The van der Waals surface area contributed by atoms with E-state index in [4.69, 9.17) is 0 Å². The van der Waals surface area contributed by atoms with Gasteiger partial charge in [-0.1, -0.05) is 0 Å². The second kappa shape index (κ2) is 4.83. The molecule has 0 aromatic heterocycles. The maximum Gasteiger partial charge on any atom is 0.269 e. The Labute approximate surface area is 69.8 Å². The third kappa shape index (κ3) is 3.29. The highest BCUT2D eigenvalue weighted by Crippen LogP contribution is 2.18. The molecular weight excluding hydrogens is 179 g/mol. The normalized spacial score (nSPS) is 20.7. The molecule has 1 rings (SSSR count). The lowest BCUT2D eigenvalue weighted by molar-refractivity contribution is 0.0311. The first kappa shape index (κ1) is 11.0. The van der Waals surface area contributed by atoms with Gasteiger partial charge in [-0.25, -0.2) is 13.2 Å². The van der Waals surface area contributed by atoms with E-state index in [9.17, 15) is 13.2 Å². The van der Waals surface area contributed by atoms with Gasteiger partial charge in [0.25, 0.3) is 6.43 Å². The van der Waals surface area contributed by atoms with Crippen molar-refractivity contribution in [3.8, 4) is 0 Å². The fraction of sp³-hybridized carbons (Fsp3) is 1.00. The summed E-state index contributed by atoms with van der Waals surface area (Å²) in [6.45, 7) is 1.38. The summed E-state index contributed by atoms with van der Waals surface area (Å²) in [5, 5.41) is 2.89. The second-order valence-electron chi connectivity index (χ2n) is 2.61. The third-order valence-corrected chi connectivity index (χ3v) is 1.70. The minimum Gasteiger partial charge on any atom is -0.316 e. The molecule has 1 saturated heterocycles. The molecule has 0 aromatic carbocycles. The molecule has 0 saturated carbocycles. The van der Waals surface area contributed by atoms with E-state index >= 15 is 0 Å². The van der Waals surface area contributed by atoms with E-state index in [0.29, 0.717) is 13.1 Å². The lowest BCUT2D eigenvalue weighted by Gasteiger charge is -2.27. The highest BCUT2D eigenvalue weighted by atomic mass is 35.5. The summed E-state index contributed by atoms with van der Waals surface area (Å²) in [6.07, 6.45) is -4.72. The van der Waals surface area contributed by atoms with Crippen molar-refractivity contribution < 1.29 is 13.2 Å². The minimum absolute atomic E-state index is 0. The largest absolute Gasteiger partial charge is 0.316 e. The summed E-state index contributed by atoms with van der Waals surface area (Å²) in [6, 6.07) is 0. The molecule has 1 nitrogen and oxygen atoms in total. The average Bonchev–Trinajstić information content (AvgIpc) is 1.77. The number of alkyl halides is 3. The monoisotopic (exact) mass is 189 g/mol. The zero-order chi connectivity index (χ0) is 7.56. The molecule has 1 aliphatic rings. The van der Waals surface area contributed by atoms with Crippen LogP contribution in [0.1, 0.15) is 6.42 Å². The first-order valence-electron chi connectivity index (χ1n) is 3.33. The Hall–Kier alpha value is 0.0400. The van der Waals surface area contributed by atoms with Crippen LogP contribution >= 0.6 is 12.4 Å². The Kier molecular flexibility index (Phi) is 4.84. The fourth-order valence-corrected chi connectivity index (χ4v) is 0.936. The van der Waals surface area contributed by atoms with Gasteiger partial charge in [-0.15, -0.1) is 12.4 Å². The molecule has 1 atom stereocenters. The maximum absolute atomic E-state index is 12.2. The Morgan fingerprint density at radius 2 is 1.82 bits per heavy atom. The van der Waals surface area contributed by atoms with E-state index in [1.165, 1.54) is 0 Å². The van der Waals surface area contributed by atoms with Gasteiger partial charge in [-0.05, 0) is 25.4 Å². The average molecular weight is 190 g/mol. The highest BCUT2D eigenvalue weighted by molar-refractivity contribution is 5.85. The molecular formula is C6H11ClF3N. The maximum atomic E-state index is 12.2. The van der Waals surface area contributed by atoms with Crippen molar-refractivity contribution >= 4 is 12.4 Å². The molecule has 5 heteroatoms. The molecule has 1 unspecified atom stereocenters. The summed E-state index contributed by atoms with van der Waals surface area (Å²) in [5.74, 6) is 0.129. The van der Waals surface area contributed by atoms with Crippen LogP contribution in [0.5, 0.6) is 0 Å². The van der Waals surface area contributed by atoms with Crippen molar-refractivity contribution in [2.45, 2.75) is 19.0 Å². The summed E-state index contributed by atoms with van der Waals surface area (Å²) in [5.41, 5.74) is 0. The molecule has 1 fully saturated rings. The van der Waals surface area contributed by atoms with Crippen LogP contribution < -0.4 is 5.32 Å². The van der Waals surface area contributed by atoms with E-state index in [1.54, 1.807) is 0 Å². The predicted molar refractivity (Wildman–Crippen MR) is 39.1 cm³/mol. The van der Waals surface area contributed by atoms with Gasteiger partial charge in [0.2, 0.25) is 0 Å². The van der Waals surface area contributed by atoms with Crippen molar-refractivity contribution in [2.75, 3.05) is 13.1 Å². The smallest absolute Gasteiger partial charge is 0.269 e. The van der Waals surface area contributed by atoms with E-state index in [0.717, 1.165) is 0 Å². The molecule has 1 N–H and O–H groups in total. The Balaban J connectivity index is 0.000001000. The van der Waals surface area contributed by atoms with Gasteiger partial charge in [-0.3, -0.25) is 0 Å². The summed E-state index contributed by atoms with van der Waals surface area (Å²) in [4.78, 5) is 0. The van der Waals surface area contributed by atoms with Gasteiger partial charge in [-0.2, -0.15) is 0 Å². The summed E-state index contributed by atoms with van der Waals surface area (Å²) < 4.78 is 35.3. The van der Waals surface area contributed by atoms with Crippen molar-refractivity contribution in [3.63, 3.8) is 0 Å². The lowest BCUT2D eigenvalue weighted by atomic mass is 9.97. The third-order valence-electron chi connectivity index (χ3n) is 1.70. The molecule has 0 aromatic rings. The molecule has 0 amide bonds. The minimum atomic E-state index is -2.81.